The first-order valence-electron chi connectivity index (χ1n) is 6.11. The molecule has 0 spiro atoms. The maximum absolute atomic E-state index is 8.88. The third kappa shape index (κ3) is 2.98. The molecule has 1 aliphatic rings. The van der Waals surface area contributed by atoms with Gasteiger partial charge in [-0.05, 0) is 43.5 Å². The molecule has 90 valence electrons. The van der Waals surface area contributed by atoms with E-state index in [-0.39, 0.29) is 0 Å². The third-order valence-corrected chi connectivity index (χ3v) is 3.38. The van der Waals surface area contributed by atoms with Gasteiger partial charge in [-0.1, -0.05) is 6.42 Å². The van der Waals surface area contributed by atoms with E-state index in [2.05, 4.69) is 11.4 Å². The van der Waals surface area contributed by atoms with E-state index in [1.165, 1.54) is 19.3 Å². The number of nitrogens with zero attached hydrogens (tertiary/aromatic N) is 1. The van der Waals surface area contributed by atoms with Crippen LogP contribution in [0.2, 0.25) is 0 Å². The van der Waals surface area contributed by atoms with Gasteiger partial charge in [-0.3, -0.25) is 0 Å². The van der Waals surface area contributed by atoms with Crippen molar-refractivity contribution in [3.8, 4) is 11.8 Å². The minimum Gasteiger partial charge on any atom is -0.496 e. The van der Waals surface area contributed by atoms with Gasteiger partial charge in [0.05, 0.1) is 18.7 Å². The molecule has 3 nitrogen and oxygen atoms in total. The summed E-state index contributed by atoms with van der Waals surface area (Å²) in [6, 6.07) is 7.70. The van der Waals surface area contributed by atoms with E-state index in [0.29, 0.717) is 5.56 Å². The second kappa shape index (κ2) is 5.70. The molecule has 0 bridgehead atoms. The average molecular weight is 230 g/mol. The second-order valence-electron chi connectivity index (χ2n) is 4.57. The van der Waals surface area contributed by atoms with E-state index in [1.54, 1.807) is 13.2 Å². The fourth-order valence-electron chi connectivity index (χ4n) is 2.09. The number of methoxy groups -OCH3 is 1. The smallest absolute Gasteiger partial charge is 0.123 e. The van der Waals surface area contributed by atoms with Crippen molar-refractivity contribution in [1.82, 2.24) is 5.32 Å². The minimum absolute atomic E-state index is 0.686. The standard InChI is InChI=1S/C14H18N2O/c1-17-14-6-5-12(8-15)7-13(14)10-16-9-11-3-2-4-11/h5-7,11,16H,2-4,9-10H2,1H3. The zero-order chi connectivity index (χ0) is 12.1. The van der Waals surface area contributed by atoms with Crippen LogP contribution < -0.4 is 10.1 Å². The summed E-state index contributed by atoms with van der Waals surface area (Å²) in [5.41, 5.74) is 1.75. The Hall–Kier alpha value is -1.53. The van der Waals surface area contributed by atoms with Crippen molar-refractivity contribution in [3.05, 3.63) is 29.3 Å². The number of ether oxygens (including phenoxy) is 1. The van der Waals surface area contributed by atoms with Crippen molar-refractivity contribution in [2.45, 2.75) is 25.8 Å². The lowest BCUT2D eigenvalue weighted by Crippen LogP contribution is -2.27. The molecule has 0 radical (unpaired) electrons. The van der Waals surface area contributed by atoms with E-state index in [9.17, 15) is 0 Å². The monoisotopic (exact) mass is 230 g/mol. The van der Waals surface area contributed by atoms with E-state index >= 15 is 0 Å². The molecular formula is C14H18N2O. The highest BCUT2D eigenvalue weighted by molar-refractivity contribution is 5.41. The SMILES string of the molecule is COc1ccc(C#N)cc1CNCC1CCC1. The summed E-state index contributed by atoms with van der Waals surface area (Å²) in [6.45, 7) is 1.84. The van der Waals surface area contributed by atoms with Gasteiger partial charge in [0, 0.05) is 12.1 Å². The van der Waals surface area contributed by atoms with Gasteiger partial charge in [0.1, 0.15) is 5.75 Å². The number of hydrogen-bond acceptors (Lipinski definition) is 3. The lowest BCUT2D eigenvalue weighted by atomic mass is 9.85. The van der Waals surface area contributed by atoms with Crippen molar-refractivity contribution in [2.24, 2.45) is 5.92 Å². The Bertz CT molecular complexity index is 419. The number of nitriles is 1. The molecule has 0 aliphatic heterocycles. The molecule has 0 heterocycles. The molecule has 0 aromatic heterocycles. The molecule has 0 atom stereocenters. The van der Waals surface area contributed by atoms with E-state index in [0.717, 1.165) is 30.3 Å². The van der Waals surface area contributed by atoms with Crippen molar-refractivity contribution in [1.29, 1.82) is 5.26 Å². The van der Waals surface area contributed by atoms with Crippen LogP contribution in [0.15, 0.2) is 18.2 Å². The summed E-state index contributed by atoms with van der Waals surface area (Å²) in [5.74, 6) is 1.70. The van der Waals surface area contributed by atoms with Gasteiger partial charge in [0.15, 0.2) is 0 Å². The normalized spacial score (nSPS) is 15.1. The Morgan fingerprint density at radius 3 is 2.88 bits per heavy atom. The lowest BCUT2D eigenvalue weighted by Gasteiger charge is -2.25. The molecule has 2 rings (SSSR count). The molecule has 0 saturated heterocycles. The zero-order valence-electron chi connectivity index (χ0n) is 10.2. The summed E-state index contributed by atoms with van der Waals surface area (Å²) in [4.78, 5) is 0. The van der Waals surface area contributed by atoms with Crippen LogP contribution in [0.3, 0.4) is 0 Å². The van der Waals surface area contributed by atoms with Gasteiger partial charge in [0.25, 0.3) is 0 Å². The first kappa shape index (κ1) is 11.9. The summed E-state index contributed by atoms with van der Waals surface area (Å²) in [6.07, 6.45) is 4.07. The van der Waals surface area contributed by atoms with Gasteiger partial charge < -0.3 is 10.1 Å². The fourth-order valence-corrected chi connectivity index (χ4v) is 2.09. The Kier molecular flexibility index (Phi) is 4.00. The molecule has 0 unspecified atom stereocenters. The molecule has 3 heteroatoms. The molecule has 17 heavy (non-hydrogen) atoms. The molecule has 1 saturated carbocycles. The van der Waals surface area contributed by atoms with Crippen LogP contribution >= 0.6 is 0 Å². The molecule has 1 N–H and O–H groups in total. The highest BCUT2D eigenvalue weighted by Gasteiger charge is 2.16. The second-order valence-corrected chi connectivity index (χ2v) is 4.57. The minimum atomic E-state index is 0.686. The number of nitrogens with one attached hydrogen (secondary N) is 1. The molecule has 1 fully saturated rings. The molecule has 1 aromatic rings. The number of hydrogen-bond donors (Lipinski definition) is 1. The summed E-state index contributed by atoms with van der Waals surface area (Å²) >= 11 is 0. The van der Waals surface area contributed by atoms with Crippen LogP contribution in [0, 0.1) is 17.2 Å². The van der Waals surface area contributed by atoms with E-state index < -0.39 is 0 Å². The van der Waals surface area contributed by atoms with Crippen LogP contribution in [0.25, 0.3) is 0 Å². The van der Waals surface area contributed by atoms with Crippen LogP contribution in [0.5, 0.6) is 5.75 Å². The summed E-state index contributed by atoms with van der Waals surface area (Å²) in [5, 5.41) is 12.3. The first-order valence-corrected chi connectivity index (χ1v) is 6.11. The van der Waals surface area contributed by atoms with Gasteiger partial charge in [-0.2, -0.15) is 5.26 Å². The maximum atomic E-state index is 8.88. The van der Waals surface area contributed by atoms with Crippen LogP contribution in [0.4, 0.5) is 0 Å². The Balaban J connectivity index is 1.94. The van der Waals surface area contributed by atoms with E-state index in [4.69, 9.17) is 10.00 Å². The molecule has 0 amide bonds. The average Bonchev–Trinajstić information content (AvgIpc) is 2.32. The number of rotatable bonds is 5. The van der Waals surface area contributed by atoms with Gasteiger partial charge in [-0.25, -0.2) is 0 Å². The quantitative estimate of drug-likeness (QED) is 0.845. The zero-order valence-corrected chi connectivity index (χ0v) is 10.2. The van der Waals surface area contributed by atoms with Crippen LogP contribution in [-0.4, -0.2) is 13.7 Å². The summed E-state index contributed by atoms with van der Waals surface area (Å²) < 4.78 is 5.29. The first-order chi connectivity index (χ1) is 8.33. The summed E-state index contributed by atoms with van der Waals surface area (Å²) in [7, 11) is 1.66. The Labute approximate surface area is 102 Å². The van der Waals surface area contributed by atoms with Crippen LogP contribution in [0.1, 0.15) is 30.4 Å². The van der Waals surface area contributed by atoms with Crippen molar-refractivity contribution >= 4 is 0 Å². The highest BCUT2D eigenvalue weighted by atomic mass is 16.5. The lowest BCUT2D eigenvalue weighted by molar-refractivity contribution is 0.300. The van der Waals surface area contributed by atoms with E-state index in [1.807, 2.05) is 12.1 Å². The fraction of sp³-hybridized carbons (Fsp3) is 0.500. The van der Waals surface area contributed by atoms with Crippen molar-refractivity contribution < 1.29 is 4.74 Å². The molecular weight excluding hydrogens is 212 g/mol. The largest absolute Gasteiger partial charge is 0.496 e. The topological polar surface area (TPSA) is 45.0 Å². The Morgan fingerprint density at radius 1 is 1.47 bits per heavy atom. The van der Waals surface area contributed by atoms with Crippen molar-refractivity contribution in [3.63, 3.8) is 0 Å². The van der Waals surface area contributed by atoms with Gasteiger partial charge >= 0.3 is 0 Å². The highest BCUT2D eigenvalue weighted by Crippen LogP contribution is 2.25. The van der Waals surface area contributed by atoms with Gasteiger partial charge in [-0.15, -0.1) is 0 Å². The molecule has 1 aliphatic carbocycles. The molecule has 1 aromatic carbocycles. The maximum Gasteiger partial charge on any atom is 0.123 e. The van der Waals surface area contributed by atoms with Gasteiger partial charge in [0.2, 0.25) is 0 Å². The third-order valence-electron chi connectivity index (χ3n) is 3.38. The van der Waals surface area contributed by atoms with Crippen molar-refractivity contribution in [2.75, 3.05) is 13.7 Å². The predicted octanol–water partition coefficient (Wildman–Crippen LogP) is 2.46. The Morgan fingerprint density at radius 2 is 2.29 bits per heavy atom. The predicted molar refractivity (Wildman–Crippen MR) is 66.8 cm³/mol. The van der Waals surface area contributed by atoms with Crippen LogP contribution in [-0.2, 0) is 6.54 Å². The number of benzene rings is 1.